The molecule has 3 nitrogen and oxygen atoms in total. The minimum atomic E-state index is 0.254. The second-order valence-corrected chi connectivity index (χ2v) is 6.35. The molecule has 2 aromatic heterocycles. The van der Waals surface area contributed by atoms with E-state index in [1.807, 2.05) is 36.7 Å². The highest BCUT2D eigenvalue weighted by Crippen LogP contribution is 2.18. The van der Waals surface area contributed by atoms with Gasteiger partial charge in [-0.3, -0.25) is 14.9 Å². The lowest BCUT2D eigenvalue weighted by Crippen LogP contribution is -2.32. The third kappa shape index (κ3) is 5.10. The number of hydrogen-bond donors (Lipinski definition) is 0. The van der Waals surface area contributed by atoms with Gasteiger partial charge in [0.05, 0.1) is 11.4 Å². The first kappa shape index (κ1) is 14.7. The third-order valence-corrected chi connectivity index (χ3v) is 2.92. The van der Waals surface area contributed by atoms with Crippen LogP contribution in [0, 0.1) is 5.41 Å². The van der Waals surface area contributed by atoms with Crippen molar-refractivity contribution in [1.82, 2.24) is 14.9 Å². The van der Waals surface area contributed by atoms with Crippen molar-refractivity contribution in [1.29, 1.82) is 0 Å². The molecule has 0 aliphatic carbocycles. The van der Waals surface area contributed by atoms with E-state index < -0.39 is 0 Å². The van der Waals surface area contributed by atoms with Gasteiger partial charge in [0, 0.05) is 32.0 Å². The smallest absolute Gasteiger partial charge is 0.0544 e. The number of pyridine rings is 2. The molecular weight excluding hydrogens is 246 g/mol. The Balaban J connectivity index is 2.08. The van der Waals surface area contributed by atoms with Crippen molar-refractivity contribution in [2.24, 2.45) is 5.41 Å². The highest BCUT2D eigenvalue weighted by molar-refractivity contribution is 5.06. The fraction of sp³-hybridized carbons (Fsp3) is 0.412. The molecule has 0 radical (unpaired) electrons. The lowest BCUT2D eigenvalue weighted by Gasteiger charge is -2.29. The van der Waals surface area contributed by atoms with Gasteiger partial charge < -0.3 is 0 Å². The third-order valence-electron chi connectivity index (χ3n) is 2.92. The molecule has 106 valence electrons. The van der Waals surface area contributed by atoms with Crippen LogP contribution in [0.2, 0.25) is 0 Å². The summed E-state index contributed by atoms with van der Waals surface area (Å²) in [6, 6.07) is 12.1. The molecule has 0 aromatic carbocycles. The molecule has 2 aromatic rings. The molecule has 0 saturated carbocycles. The molecule has 0 saturated heterocycles. The highest BCUT2D eigenvalue weighted by atomic mass is 15.1. The summed E-state index contributed by atoms with van der Waals surface area (Å²) < 4.78 is 0. The lowest BCUT2D eigenvalue weighted by atomic mass is 9.96. The monoisotopic (exact) mass is 269 g/mol. The molecule has 2 heterocycles. The molecule has 0 aliphatic rings. The summed E-state index contributed by atoms with van der Waals surface area (Å²) in [7, 11) is 0. The van der Waals surface area contributed by atoms with Crippen LogP contribution in [-0.4, -0.2) is 21.4 Å². The quantitative estimate of drug-likeness (QED) is 0.831. The maximum Gasteiger partial charge on any atom is 0.0544 e. The van der Waals surface area contributed by atoms with Crippen molar-refractivity contribution in [3.63, 3.8) is 0 Å². The zero-order chi connectivity index (χ0) is 14.4. The van der Waals surface area contributed by atoms with Crippen LogP contribution >= 0.6 is 0 Å². The molecule has 0 unspecified atom stereocenters. The van der Waals surface area contributed by atoms with Gasteiger partial charge in [0.15, 0.2) is 0 Å². The van der Waals surface area contributed by atoms with Crippen LogP contribution in [0.3, 0.4) is 0 Å². The van der Waals surface area contributed by atoms with Gasteiger partial charge in [-0.2, -0.15) is 0 Å². The minimum absolute atomic E-state index is 0.254. The van der Waals surface area contributed by atoms with Crippen LogP contribution in [0.25, 0.3) is 0 Å². The van der Waals surface area contributed by atoms with Crippen molar-refractivity contribution in [3.05, 3.63) is 60.2 Å². The van der Waals surface area contributed by atoms with Crippen molar-refractivity contribution in [3.8, 4) is 0 Å². The molecule has 2 rings (SSSR count). The lowest BCUT2D eigenvalue weighted by molar-refractivity contribution is 0.173. The van der Waals surface area contributed by atoms with Gasteiger partial charge in [-0.1, -0.05) is 32.9 Å². The number of aromatic nitrogens is 2. The fourth-order valence-electron chi connectivity index (χ4n) is 2.28. The normalized spacial score (nSPS) is 11.8. The van der Waals surface area contributed by atoms with E-state index in [2.05, 4.69) is 47.8 Å². The predicted octanol–water partition coefficient (Wildman–Crippen LogP) is 3.52. The van der Waals surface area contributed by atoms with Gasteiger partial charge in [0.25, 0.3) is 0 Å². The van der Waals surface area contributed by atoms with Crippen molar-refractivity contribution < 1.29 is 0 Å². The van der Waals surface area contributed by atoms with Crippen molar-refractivity contribution >= 4 is 0 Å². The van der Waals surface area contributed by atoms with Crippen LogP contribution in [-0.2, 0) is 13.1 Å². The Labute approximate surface area is 121 Å². The Morgan fingerprint density at radius 1 is 0.850 bits per heavy atom. The van der Waals surface area contributed by atoms with Crippen LogP contribution < -0.4 is 0 Å². The second-order valence-electron chi connectivity index (χ2n) is 6.35. The number of nitrogens with zero attached hydrogens (tertiary/aromatic N) is 3. The summed E-state index contributed by atoms with van der Waals surface area (Å²) in [5.74, 6) is 0. The van der Waals surface area contributed by atoms with E-state index in [9.17, 15) is 0 Å². The molecule has 0 amide bonds. The SMILES string of the molecule is CC(C)(C)CN(Cc1ccccn1)Cc1ccccn1. The minimum Gasteiger partial charge on any atom is -0.291 e. The summed E-state index contributed by atoms with van der Waals surface area (Å²) in [6.45, 7) is 9.51. The zero-order valence-corrected chi connectivity index (χ0v) is 12.6. The molecule has 0 fully saturated rings. The Bertz CT molecular complexity index is 461. The van der Waals surface area contributed by atoms with E-state index in [0.717, 1.165) is 31.0 Å². The molecule has 20 heavy (non-hydrogen) atoms. The molecule has 0 spiro atoms. The summed E-state index contributed by atoms with van der Waals surface area (Å²) in [6.07, 6.45) is 3.71. The maximum atomic E-state index is 4.43. The molecule has 0 N–H and O–H groups in total. The maximum absolute atomic E-state index is 4.43. The first-order valence-corrected chi connectivity index (χ1v) is 7.05. The number of rotatable bonds is 5. The fourth-order valence-corrected chi connectivity index (χ4v) is 2.28. The summed E-state index contributed by atoms with van der Waals surface area (Å²) in [5.41, 5.74) is 2.46. The first-order chi connectivity index (χ1) is 9.53. The van der Waals surface area contributed by atoms with Crippen LogP contribution in [0.4, 0.5) is 0 Å². The standard InChI is InChI=1S/C17H23N3/c1-17(2,3)14-20(12-15-8-4-6-10-18-15)13-16-9-5-7-11-19-16/h4-11H,12-14H2,1-3H3. The van der Waals surface area contributed by atoms with E-state index in [0.29, 0.717) is 0 Å². The van der Waals surface area contributed by atoms with Crippen LogP contribution in [0.15, 0.2) is 48.8 Å². The van der Waals surface area contributed by atoms with Gasteiger partial charge >= 0.3 is 0 Å². The summed E-state index contributed by atoms with van der Waals surface area (Å²) in [5, 5.41) is 0. The Morgan fingerprint density at radius 3 is 1.70 bits per heavy atom. The van der Waals surface area contributed by atoms with E-state index in [1.54, 1.807) is 0 Å². The molecular formula is C17H23N3. The van der Waals surface area contributed by atoms with Crippen LogP contribution in [0.1, 0.15) is 32.2 Å². The highest BCUT2D eigenvalue weighted by Gasteiger charge is 2.17. The van der Waals surface area contributed by atoms with Gasteiger partial charge in [0.2, 0.25) is 0 Å². The second kappa shape index (κ2) is 6.62. The van der Waals surface area contributed by atoms with E-state index >= 15 is 0 Å². The summed E-state index contributed by atoms with van der Waals surface area (Å²) >= 11 is 0. The van der Waals surface area contributed by atoms with Crippen LogP contribution in [0.5, 0.6) is 0 Å². The van der Waals surface area contributed by atoms with Crippen molar-refractivity contribution in [2.75, 3.05) is 6.54 Å². The molecule has 0 atom stereocenters. The van der Waals surface area contributed by atoms with Gasteiger partial charge in [-0.25, -0.2) is 0 Å². The van der Waals surface area contributed by atoms with E-state index in [1.165, 1.54) is 0 Å². The first-order valence-electron chi connectivity index (χ1n) is 7.05. The molecule has 0 aliphatic heterocycles. The van der Waals surface area contributed by atoms with Gasteiger partial charge in [-0.15, -0.1) is 0 Å². The predicted molar refractivity (Wildman–Crippen MR) is 82.0 cm³/mol. The van der Waals surface area contributed by atoms with E-state index in [-0.39, 0.29) is 5.41 Å². The number of hydrogen-bond acceptors (Lipinski definition) is 3. The summed E-state index contributed by atoms with van der Waals surface area (Å²) in [4.78, 5) is 11.3. The Kier molecular flexibility index (Phi) is 4.85. The Hall–Kier alpha value is -1.74. The molecule has 0 bridgehead atoms. The Morgan fingerprint density at radius 2 is 1.35 bits per heavy atom. The van der Waals surface area contributed by atoms with Gasteiger partial charge in [-0.05, 0) is 29.7 Å². The molecule has 3 heteroatoms. The zero-order valence-electron chi connectivity index (χ0n) is 12.6. The topological polar surface area (TPSA) is 29.0 Å². The van der Waals surface area contributed by atoms with Gasteiger partial charge in [0.1, 0.15) is 0 Å². The average molecular weight is 269 g/mol. The van der Waals surface area contributed by atoms with Crippen molar-refractivity contribution in [2.45, 2.75) is 33.9 Å². The van der Waals surface area contributed by atoms with E-state index in [4.69, 9.17) is 0 Å². The average Bonchev–Trinajstić information content (AvgIpc) is 2.39. The largest absolute Gasteiger partial charge is 0.291 e.